The molecule has 70 heavy (non-hydrogen) atoms. The average Bonchev–Trinajstić information content (AvgIpc) is 3.84. The van der Waals surface area contributed by atoms with Crippen LogP contribution in [-0.4, -0.2) is 81.9 Å². The number of benzene rings is 3. The van der Waals surface area contributed by atoms with Crippen LogP contribution in [0.25, 0.3) is 0 Å². The number of non-ortho nitro benzene ring substituents is 1. The van der Waals surface area contributed by atoms with E-state index in [1.165, 1.54) is 12.1 Å². The second-order valence-electron chi connectivity index (χ2n) is 18.0. The highest BCUT2D eigenvalue weighted by molar-refractivity contribution is 6.03. The Bertz CT molecular complexity index is 2550. The van der Waals surface area contributed by atoms with E-state index in [2.05, 4.69) is 24.2 Å². The van der Waals surface area contributed by atoms with Gasteiger partial charge < -0.3 is 43.5 Å². The highest BCUT2D eigenvalue weighted by atomic mass is 16.7. The third-order valence-electron chi connectivity index (χ3n) is 13.5. The first-order chi connectivity index (χ1) is 34.2. The van der Waals surface area contributed by atoms with Crippen LogP contribution in [0.2, 0.25) is 0 Å². The molecule has 1 saturated carbocycles. The molecule has 370 valence electrons. The summed E-state index contributed by atoms with van der Waals surface area (Å²) in [5, 5.41) is 36.4. The molecular weight excluding hydrogens is 897 g/mol. The highest BCUT2D eigenvalue weighted by Crippen LogP contribution is 2.62. The number of unbranched alkanes of at least 4 members (excludes halogenated alkanes) is 2. The maximum Gasteiger partial charge on any atom is 0.410 e. The van der Waals surface area contributed by atoms with Crippen molar-refractivity contribution in [1.82, 2.24) is 9.88 Å². The number of hydrogen-bond donors (Lipinski definition) is 2. The molecule has 1 fully saturated rings. The van der Waals surface area contributed by atoms with Crippen LogP contribution >= 0.6 is 0 Å². The van der Waals surface area contributed by atoms with Gasteiger partial charge >= 0.3 is 6.09 Å². The first-order valence-electron chi connectivity index (χ1n) is 24.1. The monoisotopic (exact) mass is 958 g/mol. The summed E-state index contributed by atoms with van der Waals surface area (Å²) in [5.41, 5.74) is 5.34. The maximum atomic E-state index is 14.9. The maximum absolute atomic E-state index is 14.9. The van der Waals surface area contributed by atoms with Crippen molar-refractivity contribution in [2.24, 2.45) is 22.9 Å². The highest BCUT2D eigenvalue weighted by Gasteiger charge is 2.65. The zero-order chi connectivity index (χ0) is 49.0. The molecule has 2 aliphatic carbocycles. The molecule has 6 unspecified atom stereocenters. The first kappa shape index (κ1) is 49.7. The summed E-state index contributed by atoms with van der Waals surface area (Å²) >= 11 is 0. The fourth-order valence-electron chi connectivity index (χ4n) is 10.3. The lowest BCUT2D eigenvalue weighted by molar-refractivity contribution is -0.384. The van der Waals surface area contributed by atoms with Crippen LogP contribution in [0.1, 0.15) is 85.4 Å². The predicted octanol–water partition coefficient (Wildman–Crippen LogP) is 9.65. The Hall–Kier alpha value is -6.75. The molecule has 4 aliphatic rings. The molecule has 8 rings (SSSR count). The number of allylic oxidation sites excluding steroid dienone is 1. The van der Waals surface area contributed by atoms with E-state index in [1.807, 2.05) is 61.5 Å². The van der Waals surface area contributed by atoms with Gasteiger partial charge in [0.15, 0.2) is 11.5 Å². The van der Waals surface area contributed by atoms with Gasteiger partial charge in [-0.05, 0) is 122 Å². The first-order valence-corrected chi connectivity index (χ1v) is 24.1. The third kappa shape index (κ3) is 11.1. The fourth-order valence-corrected chi connectivity index (χ4v) is 10.3. The Kier molecular flexibility index (Phi) is 16.5. The third-order valence-corrected chi connectivity index (χ3v) is 13.5. The summed E-state index contributed by atoms with van der Waals surface area (Å²) in [5.74, 6) is -0.218. The van der Waals surface area contributed by atoms with E-state index >= 15 is 0 Å². The van der Waals surface area contributed by atoms with Crippen LogP contribution in [0.4, 0.5) is 10.5 Å². The second kappa shape index (κ2) is 23.2. The second-order valence-corrected chi connectivity index (χ2v) is 18.0. The van der Waals surface area contributed by atoms with Crippen LogP contribution in [0, 0.1) is 34.8 Å². The van der Waals surface area contributed by atoms with Gasteiger partial charge in [-0.15, -0.1) is 13.2 Å². The van der Waals surface area contributed by atoms with Crippen LogP contribution in [0.5, 0.6) is 23.0 Å². The molecule has 0 radical (unpaired) electrons. The van der Waals surface area contributed by atoms with Crippen molar-refractivity contribution in [2.45, 2.75) is 95.8 Å². The Balaban J connectivity index is 1.31. The zero-order valence-corrected chi connectivity index (χ0v) is 39.6. The number of nitrogens with zero attached hydrogens (tertiary/aromatic N) is 4. The quantitative estimate of drug-likeness (QED) is 0.0292. The van der Waals surface area contributed by atoms with Crippen molar-refractivity contribution in [2.75, 3.05) is 33.2 Å². The molecule has 0 spiro atoms. The number of nitro groups is 1. The van der Waals surface area contributed by atoms with E-state index < -0.39 is 28.8 Å². The number of aryl methyl sites for hydroxylation is 1. The van der Waals surface area contributed by atoms with Crippen molar-refractivity contribution in [3.63, 3.8) is 0 Å². The fraction of sp³-hybridized carbons (Fsp3) is 0.426. The molecule has 0 bridgehead atoms. The number of fused-ring (bicyclic) bond motifs is 3. The van der Waals surface area contributed by atoms with Crippen LogP contribution in [0.3, 0.4) is 0 Å². The van der Waals surface area contributed by atoms with Crippen LogP contribution < -0.4 is 18.9 Å². The largest absolute Gasteiger partial charge is 0.487 e. The van der Waals surface area contributed by atoms with E-state index in [0.717, 1.165) is 53.8 Å². The number of carbonyl (C=O) groups is 1. The van der Waals surface area contributed by atoms with Gasteiger partial charge in [0.2, 0.25) is 12.6 Å². The van der Waals surface area contributed by atoms with E-state index in [4.69, 9.17) is 38.4 Å². The van der Waals surface area contributed by atoms with Crippen molar-refractivity contribution >= 4 is 17.5 Å². The molecule has 3 aromatic carbocycles. The Morgan fingerprint density at radius 2 is 1.71 bits per heavy atom. The van der Waals surface area contributed by atoms with Crippen molar-refractivity contribution in [3.8, 4) is 23.0 Å². The van der Waals surface area contributed by atoms with Crippen LogP contribution in [0.15, 0.2) is 121 Å². The molecule has 1 amide bonds. The molecule has 16 heteroatoms. The molecule has 3 heterocycles. The van der Waals surface area contributed by atoms with Gasteiger partial charge in [0.1, 0.15) is 30.8 Å². The molecule has 2 N–H and O–H groups in total. The number of aliphatic hydroxyl groups excluding tert-OH is 2. The minimum atomic E-state index is -1.57. The molecule has 16 nitrogen and oxygen atoms in total. The summed E-state index contributed by atoms with van der Waals surface area (Å²) in [4.78, 5) is 38.4. The molecule has 1 aromatic heterocycles. The number of ether oxygens (including phenoxy) is 6. The van der Waals surface area contributed by atoms with Gasteiger partial charge in [-0.3, -0.25) is 20.0 Å². The number of aliphatic hydroxyl groups is 2. The smallest absolute Gasteiger partial charge is 0.410 e. The van der Waals surface area contributed by atoms with Crippen LogP contribution in [-0.2, 0) is 34.1 Å². The summed E-state index contributed by atoms with van der Waals surface area (Å²) in [6.45, 7) is 10.5. The van der Waals surface area contributed by atoms with E-state index in [-0.39, 0.29) is 82.8 Å². The van der Waals surface area contributed by atoms with E-state index in [1.54, 1.807) is 29.2 Å². The minimum Gasteiger partial charge on any atom is -0.487 e. The normalized spacial score (nSPS) is 22.2. The topological polar surface area (TPSA) is 194 Å². The zero-order valence-electron chi connectivity index (χ0n) is 39.6. The number of hydrogen-bond acceptors (Lipinski definition) is 14. The number of oxime groups is 1. The lowest BCUT2D eigenvalue weighted by atomic mass is 9.55. The van der Waals surface area contributed by atoms with Crippen molar-refractivity contribution in [3.05, 3.63) is 154 Å². The van der Waals surface area contributed by atoms with E-state index in [0.29, 0.717) is 53.5 Å². The summed E-state index contributed by atoms with van der Waals surface area (Å²) in [6.07, 6.45) is 9.77. The van der Waals surface area contributed by atoms with Gasteiger partial charge in [0.05, 0.1) is 35.5 Å². The summed E-state index contributed by atoms with van der Waals surface area (Å²) in [6, 6.07) is 22.4. The standard InChI is InChI=1S/C54H62N4O12/c1-4-6-27-64-53(61)57(32-38-18-22-48-49(28-38)67-35-66-48)50-31-46(56-69-33-37-16-19-41(20-17-37)58(62)63)44-29-39(13-7-9-24-59)43(15-8-10-25-60)51-45-30-42(65-34-40-14-11-12-36(3)55-40)21-23-47(45)70-54(50,52(44)51)68-26-5-2/h4-5,11-12,14,16-23,28-30,39,43,50-52,59-60H,1-2,6-10,13,15,24-27,31-35H2,3H3. The molecular formula is C54H62N4O12. The number of carbonyl (C=O) groups excluding carboxylic acids is 1. The number of nitro benzene ring substituents is 1. The van der Waals surface area contributed by atoms with Gasteiger partial charge in [0.25, 0.3) is 5.69 Å². The number of rotatable bonds is 24. The minimum absolute atomic E-state index is 0.00961. The number of pyridine rings is 1. The molecule has 0 saturated heterocycles. The van der Waals surface area contributed by atoms with Gasteiger partial charge in [0, 0.05) is 55.5 Å². The summed E-state index contributed by atoms with van der Waals surface area (Å²) in [7, 11) is 0. The van der Waals surface area contributed by atoms with Crippen molar-refractivity contribution < 1.29 is 53.2 Å². The Morgan fingerprint density at radius 1 is 0.943 bits per heavy atom. The van der Waals surface area contributed by atoms with Crippen molar-refractivity contribution in [1.29, 1.82) is 0 Å². The SMILES string of the molecule is C=CCCOC(=O)N(Cc1ccc2c(c1)OCO2)C1CC(=NOCc2ccc([N+](=O)[O-])cc2)C2=CC(CCCCO)C(CCCCO)C3c4cc(OCc5cccc(C)n5)ccc4OC1(OCC=C)C23. The predicted molar refractivity (Wildman–Crippen MR) is 260 cm³/mol. The molecule has 6 atom stereocenters. The summed E-state index contributed by atoms with van der Waals surface area (Å²) < 4.78 is 38.5. The number of aromatic nitrogens is 1. The Labute approximate surface area is 408 Å². The molecule has 4 aromatic rings. The average molecular weight is 959 g/mol. The van der Waals surface area contributed by atoms with Gasteiger partial charge in [-0.2, -0.15) is 0 Å². The Morgan fingerprint density at radius 3 is 2.47 bits per heavy atom. The lowest BCUT2D eigenvalue weighted by Crippen LogP contribution is -2.70. The van der Waals surface area contributed by atoms with Gasteiger partial charge in [-0.1, -0.05) is 48.4 Å². The number of amides is 1. The van der Waals surface area contributed by atoms with E-state index in [9.17, 15) is 25.1 Å². The lowest BCUT2D eigenvalue weighted by Gasteiger charge is -2.59. The molecule has 2 aliphatic heterocycles. The van der Waals surface area contributed by atoms with Gasteiger partial charge in [-0.25, -0.2) is 4.79 Å².